The van der Waals surface area contributed by atoms with Gasteiger partial charge in [0.25, 0.3) is 0 Å². The van der Waals surface area contributed by atoms with Crippen molar-refractivity contribution in [3.8, 4) is 0 Å². The average Bonchev–Trinajstić information content (AvgIpc) is 3.35. The summed E-state index contributed by atoms with van der Waals surface area (Å²) in [4.78, 5) is 16.4. The minimum absolute atomic E-state index is 0.189. The van der Waals surface area contributed by atoms with E-state index in [-0.39, 0.29) is 18.1 Å². The SMILES string of the molecule is O=C(CN1CCN(c2nnc(C3CC3)s2)CC1)Nc1ccccc1F. The average molecular weight is 361 g/mol. The molecule has 25 heavy (non-hydrogen) atoms. The van der Waals surface area contributed by atoms with E-state index >= 15 is 0 Å². The van der Waals surface area contributed by atoms with Crippen LogP contribution < -0.4 is 10.2 Å². The van der Waals surface area contributed by atoms with Crippen LogP contribution in [0.25, 0.3) is 0 Å². The van der Waals surface area contributed by atoms with Crippen molar-refractivity contribution < 1.29 is 9.18 Å². The summed E-state index contributed by atoms with van der Waals surface area (Å²) in [6, 6.07) is 6.21. The number of aromatic nitrogens is 2. The van der Waals surface area contributed by atoms with E-state index < -0.39 is 5.82 Å². The first kappa shape index (κ1) is 16.4. The standard InChI is InChI=1S/C17H20FN5OS/c18-13-3-1-2-4-14(13)19-15(24)11-22-7-9-23(10-8-22)17-21-20-16(25-17)12-5-6-12/h1-4,12H,5-11H2,(H,19,24). The molecule has 2 fully saturated rings. The van der Waals surface area contributed by atoms with Crippen LogP contribution in [-0.4, -0.2) is 53.7 Å². The Morgan fingerprint density at radius 1 is 1.20 bits per heavy atom. The number of carbonyl (C=O) groups is 1. The van der Waals surface area contributed by atoms with Gasteiger partial charge in [0.05, 0.1) is 12.2 Å². The molecule has 2 aliphatic rings. The van der Waals surface area contributed by atoms with Gasteiger partial charge in [0.1, 0.15) is 10.8 Å². The van der Waals surface area contributed by atoms with E-state index in [1.807, 2.05) is 0 Å². The van der Waals surface area contributed by atoms with Gasteiger partial charge in [0, 0.05) is 32.1 Å². The summed E-state index contributed by atoms with van der Waals surface area (Å²) in [6.07, 6.45) is 2.47. The van der Waals surface area contributed by atoms with Gasteiger partial charge in [-0.05, 0) is 25.0 Å². The van der Waals surface area contributed by atoms with Gasteiger partial charge in [-0.15, -0.1) is 10.2 Å². The number of hydrogen-bond acceptors (Lipinski definition) is 6. The van der Waals surface area contributed by atoms with E-state index in [1.165, 1.54) is 18.9 Å². The van der Waals surface area contributed by atoms with Gasteiger partial charge in [-0.2, -0.15) is 0 Å². The van der Waals surface area contributed by atoms with Crippen molar-refractivity contribution in [1.29, 1.82) is 0 Å². The van der Waals surface area contributed by atoms with Crippen LogP contribution in [0.4, 0.5) is 15.2 Å². The van der Waals surface area contributed by atoms with Crippen molar-refractivity contribution in [2.45, 2.75) is 18.8 Å². The fraction of sp³-hybridized carbons (Fsp3) is 0.471. The summed E-state index contributed by atoms with van der Waals surface area (Å²) in [5, 5.41) is 13.4. The minimum atomic E-state index is -0.414. The Kier molecular flexibility index (Phi) is 4.63. The summed E-state index contributed by atoms with van der Waals surface area (Å²) in [6.45, 7) is 3.48. The molecule has 1 saturated heterocycles. The Hall–Kier alpha value is -2.06. The second-order valence-electron chi connectivity index (χ2n) is 6.49. The van der Waals surface area contributed by atoms with E-state index in [1.54, 1.807) is 29.5 Å². The maximum atomic E-state index is 13.6. The molecular formula is C17H20FN5OS. The molecule has 6 nitrogen and oxygen atoms in total. The van der Waals surface area contributed by atoms with E-state index in [0.29, 0.717) is 5.92 Å². The maximum Gasteiger partial charge on any atom is 0.238 e. The van der Waals surface area contributed by atoms with Gasteiger partial charge < -0.3 is 10.2 Å². The summed E-state index contributed by atoms with van der Waals surface area (Å²) in [5.74, 6) is 0.0310. The molecule has 0 atom stereocenters. The predicted molar refractivity (Wildman–Crippen MR) is 95.6 cm³/mol. The number of halogens is 1. The van der Waals surface area contributed by atoms with Crippen molar-refractivity contribution in [3.05, 3.63) is 35.1 Å². The second-order valence-corrected chi connectivity index (χ2v) is 7.48. The van der Waals surface area contributed by atoms with Crippen molar-refractivity contribution in [2.75, 3.05) is 42.9 Å². The van der Waals surface area contributed by atoms with Crippen molar-refractivity contribution in [3.63, 3.8) is 0 Å². The fourth-order valence-electron chi connectivity index (χ4n) is 2.90. The van der Waals surface area contributed by atoms with Gasteiger partial charge in [-0.25, -0.2) is 4.39 Å². The Morgan fingerprint density at radius 3 is 2.68 bits per heavy atom. The summed E-state index contributed by atoms with van der Waals surface area (Å²) in [5.41, 5.74) is 0.229. The van der Waals surface area contributed by atoms with Gasteiger partial charge in [0.2, 0.25) is 11.0 Å². The fourth-order valence-corrected chi connectivity index (χ4v) is 3.97. The molecule has 132 valence electrons. The number of nitrogens with one attached hydrogen (secondary N) is 1. The van der Waals surface area contributed by atoms with Gasteiger partial charge in [-0.1, -0.05) is 23.5 Å². The van der Waals surface area contributed by atoms with Crippen molar-refractivity contribution in [1.82, 2.24) is 15.1 Å². The number of nitrogens with zero attached hydrogens (tertiary/aromatic N) is 4. The molecule has 2 heterocycles. The number of rotatable bonds is 5. The zero-order chi connectivity index (χ0) is 17.2. The number of benzene rings is 1. The third-order valence-electron chi connectivity index (χ3n) is 4.51. The Balaban J connectivity index is 1.26. The van der Waals surface area contributed by atoms with Crippen LogP contribution in [0, 0.1) is 5.82 Å². The predicted octanol–water partition coefficient (Wildman–Crippen LogP) is 2.32. The van der Waals surface area contributed by atoms with E-state index in [9.17, 15) is 9.18 Å². The molecule has 4 rings (SSSR count). The van der Waals surface area contributed by atoms with Crippen LogP contribution >= 0.6 is 11.3 Å². The van der Waals surface area contributed by atoms with Crippen molar-refractivity contribution >= 4 is 28.1 Å². The summed E-state index contributed by atoms with van der Waals surface area (Å²) in [7, 11) is 0. The summed E-state index contributed by atoms with van der Waals surface area (Å²) >= 11 is 1.69. The largest absolute Gasteiger partial charge is 0.344 e. The lowest BCUT2D eigenvalue weighted by atomic mass is 10.3. The molecule has 1 aromatic heterocycles. The van der Waals surface area contributed by atoms with Crippen LogP contribution in [-0.2, 0) is 4.79 Å². The molecule has 1 saturated carbocycles. The summed E-state index contributed by atoms with van der Waals surface area (Å²) < 4.78 is 13.6. The number of hydrogen-bond donors (Lipinski definition) is 1. The van der Waals surface area contributed by atoms with Crippen LogP contribution in [0.1, 0.15) is 23.8 Å². The van der Waals surface area contributed by atoms with Crippen molar-refractivity contribution in [2.24, 2.45) is 0 Å². The Labute approximate surface area is 149 Å². The van der Waals surface area contributed by atoms with E-state index in [2.05, 4.69) is 25.3 Å². The molecule has 8 heteroatoms. The maximum absolute atomic E-state index is 13.6. The molecule has 0 spiro atoms. The molecule has 2 aromatic rings. The third-order valence-corrected chi connectivity index (χ3v) is 5.66. The van der Waals surface area contributed by atoms with Gasteiger partial charge >= 0.3 is 0 Å². The molecule has 1 aromatic carbocycles. The van der Waals surface area contributed by atoms with E-state index in [4.69, 9.17) is 0 Å². The number of para-hydroxylation sites is 1. The van der Waals surface area contributed by atoms with Crippen LogP contribution in [0.15, 0.2) is 24.3 Å². The molecule has 1 aliphatic carbocycles. The zero-order valence-electron chi connectivity index (χ0n) is 13.8. The first-order valence-corrected chi connectivity index (χ1v) is 9.36. The topological polar surface area (TPSA) is 61.4 Å². The molecule has 1 aliphatic heterocycles. The van der Waals surface area contributed by atoms with Crippen LogP contribution in [0.5, 0.6) is 0 Å². The number of anilines is 2. The minimum Gasteiger partial charge on any atom is -0.344 e. The number of piperazine rings is 1. The molecule has 1 N–H and O–H groups in total. The monoisotopic (exact) mass is 361 g/mol. The molecule has 0 bridgehead atoms. The van der Waals surface area contributed by atoms with Crippen LogP contribution in [0.2, 0.25) is 0 Å². The molecule has 0 radical (unpaired) electrons. The first-order valence-electron chi connectivity index (χ1n) is 8.54. The molecular weight excluding hydrogens is 341 g/mol. The lowest BCUT2D eigenvalue weighted by molar-refractivity contribution is -0.117. The van der Waals surface area contributed by atoms with Crippen LogP contribution in [0.3, 0.4) is 0 Å². The van der Waals surface area contributed by atoms with Gasteiger partial charge in [0.15, 0.2) is 0 Å². The second kappa shape index (κ2) is 7.05. The quantitative estimate of drug-likeness (QED) is 0.886. The smallest absolute Gasteiger partial charge is 0.238 e. The van der Waals surface area contributed by atoms with Gasteiger partial charge in [-0.3, -0.25) is 9.69 Å². The Morgan fingerprint density at radius 2 is 1.96 bits per heavy atom. The van der Waals surface area contributed by atoms with E-state index in [0.717, 1.165) is 36.3 Å². The highest BCUT2D eigenvalue weighted by Crippen LogP contribution is 2.42. The number of amides is 1. The Bertz CT molecular complexity index is 755. The highest BCUT2D eigenvalue weighted by Gasteiger charge is 2.29. The number of carbonyl (C=O) groups excluding carboxylic acids is 1. The lowest BCUT2D eigenvalue weighted by Crippen LogP contribution is -2.48. The highest BCUT2D eigenvalue weighted by molar-refractivity contribution is 7.15. The zero-order valence-corrected chi connectivity index (χ0v) is 14.6. The highest BCUT2D eigenvalue weighted by atomic mass is 32.1. The third kappa shape index (κ3) is 3.96. The molecule has 1 amide bonds. The first-order chi connectivity index (χ1) is 12.2. The normalized spacial score (nSPS) is 18.4. The lowest BCUT2D eigenvalue weighted by Gasteiger charge is -2.33. The molecule has 0 unspecified atom stereocenters.